The number of hydrogen-bond donors (Lipinski definition) is 0. The number of nitrogens with zero attached hydrogens (tertiary/aromatic N) is 1. The minimum Gasteiger partial charge on any atom is -0.475 e. The zero-order chi connectivity index (χ0) is 12.0. The molecule has 88 valence electrons. The molecule has 2 aromatic carbocycles. The molecule has 2 atom stereocenters. The van der Waals surface area contributed by atoms with E-state index in [1.54, 1.807) is 0 Å². The Bertz CT molecular complexity index is 564. The molecule has 17 heavy (non-hydrogen) atoms. The average molecular weight is 227 g/mol. The highest BCUT2D eigenvalue weighted by molar-refractivity contribution is 5.88. The predicted octanol–water partition coefficient (Wildman–Crippen LogP) is 3.57. The minimum atomic E-state index is 0.138. The fourth-order valence-corrected chi connectivity index (χ4v) is 2.59. The molecule has 0 saturated heterocycles. The highest BCUT2D eigenvalue weighted by Gasteiger charge is 2.28. The Morgan fingerprint density at radius 1 is 1.06 bits per heavy atom. The van der Waals surface area contributed by atoms with Gasteiger partial charge in [-0.1, -0.05) is 30.3 Å². The second-order valence-corrected chi connectivity index (χ2v) is 4.76. The Kier molecular flexibility index (Phi) is 2.33. The predicted molar refractivity (Wildman–Crippen MR) is 70.2 cm³/mol. The summed E-state index contributed by atoms with van der Waals surface area (Å²) >= 11 is 0. The molecule has 2 nitrogen and oxygen atoms in total. The molecule has 0 N–H and O–H groups in total. The van der Waals surface area contributed by atoms with Gasteiger partial charge in [-0.05, 0) is 37.7 Å². The molecule has 1 heterocycles. The van der Waals surface area contributed by atoms with Gasteiger partial charge in [0.1, 0.15) is 12.0 Å². The van der Waals surface area contributed by atoms with Crippen molar-refractivity contribution >= 4 is 10.8 Å². The van der Waals surface area contributed by atoms with Crippen molar-refractivity contribution in [3.05, 3.63) is 42.0 Å². The van der Waals surface area contributed by atoms with Crippen molar-refractivity contribution in [3.8, 4) is 5.75 Å². The summed E-state index contributed by atoms with van der Waals surface area (Å²) < 4.78 is 5.95. The first kappa shape index (κ1) is 10.6. The van der Waals surface area contributed by atoms with Crippen LogP contribution in [0, 0.1) is 0 Å². The van der Waals surface area contributed by atoms with Crippen LogP contribution in [-0.4, -0.2) is 18.2 Å². The van der Waals surface area contributed by atoms with Crippen molar-refractivity contribution in [3.63, 3.8) is 0 Å². The summed E-state index contributed by atoms with van der Waals surface area (Å²) in [6, 6.07) is 13.1. The van der Waals surface area contributed by atoms with Crippen molar-refractivity contribution in [2.75, 3.05) is 7.05 Å². The van der Waals surface area contributed by atoms with E-state index in [1.807, 2.05) is 0 Å². The largest absolute Gasteiger partial charge is 0.475 e. The van der Waals surface area contributed by atoms with Gasteiger partial charge >= 0.3 is 0 Å². The fourth-order valence-electron chi connectivity index (χ4n) is 2.59. The highest BCUT2D eigenvalue weighted by Crippen LogP contribution is 2.39. The normalized spacial score (nSPS) is 24.4. The zero-order valence-electron chi connectivity index (χ0n) is 10.5. The maximum atomic E-state index is 5.95. The maximum absolute atomic E-state index is 5.95. The standard InChI is InChI=1S/C15H17NO/c1-10-15-13-7-5-4-6-12(13)8-9-14(15)17-11(2)16(10)3/h4-11H,1-3H3/t10-,11-/m1/s1. The lowest BCUT2D eigenvalue weighted by atomic mass is 9.96. The average Bonchev–Trinajstić information content (AvgIpc) is 2.35. The first-order valence-electron chi connectivity index (χ1n) is 6.08. The molecule has 0 amide bonds. The third-order valence-electron chi connectivity index (χ3n) is 3.83. The minimum absolute atomic E-state index is 0.138. The van der Waals surface area contributed by atoms with Crippen molar-refractivity contribution in [2.45, 2.75) is 26.1 Å². The number of rotatable bonds is 0. The van der Waals surface area contributed by atoms with Gasteiger partial charge in [0.15, 0.2) is 0 Å². The molecule has 1 aliphatic rings. The van der Waals surface area contributed by atoms with E-state index in [1.165, 1.54) is 16.3 Å². The quantitative estimate of drug-likeness (QED) is 0.682. The Morgan fingerprint density at radius 3 is 2.65 bits per heavy atom. The highest BCUT2D eigenvalue weighted by atomic mass is 16.5. The third kappa shape index (κ3) is 1.52. The van der Waals surface area contributed by atoms with E-state index in [0.717, 1.165) is 5.75 Å². The van der Waals surface area contributed by atoms with Gasteiger partial charge in [0, 0.05) is 11.6 Å². The monoisotopic (exact) mass is 227 g/mol. The summed E-state index contributed by atoms with van der Waals surface area (Å²) in [5.41, 5.74) is 1.31. The molecular formula is C15H17NO. The number of benzene rings is 2. The van der Waals surface area contributed by atoms with E-state index in [-0.39, 0.29) is 6.23 Å². The van der Waals surface area contributed by atoms with Crippen LogP contribution in [0.25, 0.3) is 10.8 Å². The second-order valence-electron chi connectivity index (χ2n) is 4.76. The van der Waals surface area contributed by atoms with E-state index in [4.69, 9.17) is 4.74 Å². The van der Waals surface area contributed by atoms with E-state index in [2.05, 4.69) is 62.2 Å². The van der Waals surface area contributed by atoms with Crippen LogP contribution in [0.5, 0.6) is 5.75 Å². The molecule has 0 saturated carbocycles. The first-order valence-corrected chi connectivity index (χ1v) is 6.08. The number of fused-ring (bicyclic) bond motifs is 3. The van der Waals surface area contributed by atoms with Crippen LogP contribution < -0.4 is 4.74 Å². The van der Waals surface area contributed by atoms with Crippen molar-refractivity contribution in [1.82, 2.24) is 4.90 Å². The summed E-state index contributed by atoms with van der Waals surface area (Å²) in [6.07, 6.45) is 0.138. The number of hydrogen-bond acceptors (Lipinski definition) is 2. The second kappa shape index (κ2) is 3.74. The summed E-state index contributed by atoms with van der Waals surface area (Å²) in [6.45, 7) is 4.33. The van der Waals surface area contributed by atoms with Gasteiger partial charge in [0.25, 0.3) is 0 Å². The fraction of sp³-hybridized carbons (Fsp3) is 0.333. The molecule has 0 unspecified atom stereocenters. The van der Waals surface area contributed by atoms with Gasteiger partial charge in [-0.2, -0.15) is 0 Å². The molecule has 0 spiro atoms. The molecule has 0 aromatic heterocycles. The van der Waals surface area contributed by atoms with E-state index >= 15 is 0 Å². The summed E-state index contributed by atoms with van der Waals surface area (Å²) in [4.78, 5) is 2.26. The van der Waals surface area contributed by atoms with Crippen molar-refractivity contribution in [2.24, 2.45) is 0 Å². The van der Waals surface area contributed by atoms with E-state index in [9.17, 15) is 0 Å². The molecule has 0 bridgehead atoms. The van der Waals surface area contributed by atoms with E-state index < -0.39 is 0 Å². The summed E-state index contributed by atoms with van der Waals surface area (Å²) in [5.74, 6) is 1.03. The van der Waals surface area contributed by atoms with Crippen LogP contribution in [0.15, 0.2) is 36.4 Å². The lowest BCUT2D eigenvalue weighted by Crippen LogP contribution is -2.39. The van der Waals surface area contributed by atoms with Crippen molar-refractivity contribution < 1.29 is 4.74 Å². The molecule has 1 aliphatic heterocycles. The van der Waals surface area contributed by atoms with Crippen LogP contribution in [0.2, 0.25) is 0 Å². The van der Waals surface area contributed by atoms with Crippen LogP contribution in [0.1, 0.15) is 25.5 Å². The molecule has 2 aromatic rings. The topological polar surface area (TPSA) is 12.5 Å². The van der Waals surface area contributed by atoms with Gasteiger partial charge in [-0.25, -0.2) is 0 Å². The van der Waals surface area contributed by atoms with Crippen LogP contribution in [-0.2, 0) is 0 Å². The van der Waals surface area contributed by atoms with Crippen LogP contribution >= 0.6 is 0 Å². The molecule has 0 radical (unpaired) electrons. The lowest BCUT2D eigenvalue weighted by molar-refractivity contribution is 0.0111. The SMILES string of the molecule is C[C@@H]1c2c(ccc3ccccc23)O[C@H](C)N1C. The van der Waals surface area contributed by atoms with Gasteiger partial charge in [0.2, 0.25) is 0 Å². The zero-order valence-corrected chi connectivity index (χ0v) is 10.5. The summed E-state index contributed by atoms with van der Waals surface area (Å²) in [7, 11) is 2.11. The Hall–Kier alpha value is -1.54. The van der Waals surface area contributed by atoms with Gasteiger partial charge in [-0.15, -0.1) is 0 Å². The molecule has 0 aliphatic carbocycles. The third-order valence-corrected chi connectivity index (χ3v) is 3.83. The molecule has 2 heteroatoms. The Balaban J connectivity index is 2.29. The molecule has 3 rings (SSSR count). The molecular weight excluding hydrogens is 210 g/mol. The van der Waals surface area contributed by atoms with Gasteiger partial charge in [0.05, 0.1) is 0 Å². The van der Waals surface area contributed by atoms with Crippen molar-refractivity contribution in [1.29, 1.82) is 0 Å². The van der Waals surface area contributed by atoms with E-state index in [0.29, 0.717) is 6.04 Å². The van der Waals surface area contributed by atoms with Crippen LogP contribution in [0.4, 0.5) is 0 Å². The first-order chi connectivity index (χ1) is 8.18. The Morgan fingerprint density at radius 2 is 1.82 bits per heavy atom. The van der Waals surface area contributed by atoms with Gasteiger partial charge < -0.3 is 4.74 Å². The van der Waals surface area contributed by atoms with Crippen LogP contribution in [0.3, 0.4) is 0 Å². The summed E-state index contributed by atoms with van der Waals surface area (Å²) in [5, 5.41) is 2.58. The maximum Gasteiger partial charge on any atom is 0.150 e. The Labute approximate surface area is 102 Å². The number of ether oxygens (including phenoxy) is 1. The lowest BCUT2D eigenvalue weighted by Gasteiger charge is -2.38. The van der Waals surface area contributed by atoms with Gasteiger partial charge in [-0.3, -0.25) is 4.90 Å². The molecule has 0 fully saturated rings. The smallest absolute Gasteiger partial charge is 0.150 e.